The average molecular weight is 371 g/mol. The Labute approximate surface area is 160 Å². The standard InChI is InChI=1S/C20H42N4O2/c1-2-3-4-5-6-7-8-9-10-11-13-21-20(25)23-22-14-12-15-24-16-18-26-19-17-24/h22H,2-19H2,1H3,(H2,21,23,25). The van der Waals surface area contributed by atoms with Crippen molar-refractivity contribution in [3.8, 4) is 0 Å². The zero-order valence-corrected chi connectivity index (χ0v) is 17.0. The van der Waals surface area contributed by atoms with Crippen molar-refractivity contribution in [2.24, 2.45) is 0 Å². The molecule has 0 aliphatic carbocycles. The van der Waals surface area contributed by atoms with Gasteiger partial charge in [-0.2, -0.15) is 0 Å². The minimum Gasteiger partial charge on any atom is -0.379 e. The molecule has 0 radical (unpaired) electrons. The summed E-state index contributed by atoms with van der Waals surface area (Å²) in [5.41, 5.74) is 5.71. The number of nitrogens with zero attached hydrogens (tertiary/aromatic N) is 1. The van der Waals surface area contributed by atoms with Gasteiger partial charge in [-0.25, -0.2) is 10.2 Å². The number of hydrazine groups is 1. The van der Waals surface area contributed by atoms with Crippen LogP contribution >= 0.6 is 0 Å². The molecule has 6 heteroatoms. The maximum Gasteiger partial charge on any atom is 0.329 e. The zero-order valence-electron chi connectivity index (χ0n) is 17.0. The molecule has 0 bridgehead atoms. The van der Waals surface area contributed by atoms with E-state index in [0.717, 1.165) is 58.8 Å². The van der Waals surface area contributed by atoms with E-state index < -0.39 is 0 Å². The van der Waals surface area contributed by atoms with E-state index in [-0.39, 0.29) is 6.03 Å². The Balaban J connectivity index is 1.75. The predicted octanol–water partition coefficient (Wildman–Crippen LogP) is 3.43. The number of unbranched alkanes of at least 4 members (excludes halogenated alkanes) is 9. The minimum atomic E-state index is -0.118. The fourth-order valence-electron chi connectivity index (χ4n) is 3.22. The molecule has 1 heterocycles. The molecular weight excluding hydrogens is 328 g/mol. The third-order valence-corrected chi connectivity index (χ3v) is 4.90. The van der Waals surface area contributed by atoms with Crippen molar-refractivity contribution in [1.29, 1.82) is 0 Å². The summed E-state index contributed by atoms with van der Waals surface area (Å²) in [4.78, 5) is 14.1. The van der Waals surface area contributed by atoms with E-state index in [4.69, 9.17) is 4.74 Å². The first kappa shape index (κ1) is 23.2. The number of rotatable bonds is 16. The number of carbonyl (C=O) groups is 1. The van der Waals surface area contributed by atoms with E-state index in [1.165, 1.54) is 57.8 Å². The molecule has 1 aliphatic heterocycles. The van der Waals surface area contributed by atoms with Crippen LogP contribution in [-0.4, -0.2) is 56.9 Å². The van der Waals surface area contributed by atoms with Gasteiger partial charge in [0.2, 0.25) is 0 Å². The maximum atomic E-state index is 11.7. The molecule has 0 aromatic heterocycles. The summed E-state index contributed by atoms with van der Waals surface area (Å²) in [6.45, 7) is 8.59. The Kier molecular flexibility index (Phi) is 15.7. The van der Waals surface area contributed by atoms with E-state index in [1.54, 1.807) is 0 Å². The lowest BCUT2D eigenvalue weighted by molar-refractivity contribution is 0.0374. The number of morpholine rings is 1. The van der Waals surface area contributed by atoms with Gasteiger partial charge in [-0.1, -0.05) is 64.7 Å². The normalized spacial score (nSPS) is 15.1. The van der Waals surface area contributed by atoms with Gasteiger partial charge >= 0.3 is 6.03 Å². The quantitative estimate of drug-likeness (QED) is 0.288. The van der Waals surface area contributed by atoms with Crippen LogP contribution in [0, 0.1) is 0 Å². The molecule has 6 nitrogen and oxygen atoms in total. The Morgan fingerprint density at radius 1 is 0.846 bits per heavy atom. The summed E-state index contributed by atoms with van der Waals surface area (Å²) in [5.74, 6) is 0. The summed E-state index contributed by atoms with van der Waals surface area (Å²) in [5, 5.41) is 2.91. The number of hydrogen-bond donors (Lipinski definition) is 3. The van der Waals surface area contributed by atoms with Crippen molar-refractivity contribution in [1.82, 2.24) is 21.1 Å². The van der Waals surface area contributed by atoms with Gasteiger partial charge in [0.05, 0.1) is 13.2 Å². The molecule has 3 N–H and O–H groups in total. The number of ether oxygens (including phenoxy) is 1. The summed E-state index contributed by atoms with van der Waals surface area (Å²) < 4.78 is 5.33. The van der Waals surface area contributed by atoms with Gasteiger partial charge in [0.25, 0.3) is 0 Å². The molecule has 0 saturated carbocycles. The van der Waals surface area contributed by atoms with Gasteiger partial charge < -0.3 is 10.1 Å². The van der Waals surface area contributed by atoms with Crippen molar-refractivity contribution < 1.29 is 9.53 Å². The zero-order chi connectivity index (χ0) is 18.7. The molecule has 0 spiro atoms. The second kappa shape index (κ2) is 17.6. The van der Waals surface area contributed by atoms with Crippen LogP contribution in [0.25, 0.3) is 0 Å². The second-order valence-corrected chi connectivity index (χ2v) is 7.30. The second-order valence-electron chi connectivity index (χ2n) is 7.30. The van der Waals surface area contributed by atoms with Crippen LogP contribution in [0.15, 0.2) is 0 Å². The van der Waals surface area contributed by atoms with Crippen molar-refractivity contribution in [3.05, 3.63) is 0 Å². The molecule has 2 amide bonds. The largest absolute Gasteiger partial charge is 0.379 e. The Hall–Kier alpha value is -0.850. The summed E-state index contributed by atoms with van der Waals surface area (Å²) >= 11 is 0. The average Bonchev–Trinajstić information content (AvgIpc) is 2.66. The molecular formula is C20H42N4O2. The fraction of sp³-hybridized carbons (Fsp3) is 0.950. The van der Waals surface area contributed by atoms with Gasteiger partial charge in [-0.05, 0) is 19.4 Å². The van der Waals surface area contributed by atoms with Gasteiger partial charge in [0, 0.05) is 26.2 Å². The fourth-order valence-corrected chi connectivity index (χ4v) is 3.22. The lowest BCUT2D eigenvalue weighted by Crippen LogP contribution is -2.45. The number of carbonyl (C=O) groups excluding carboxylic acids is 1. The topological polar surface area (TPSA) is 65.6 Å². The van der Waals surface area contributed by atoms with E-state index in [2.05, 4.69) is 28.0 Å². The first-order chi connectivity index (χ1) is 12.8. The Bertz CT molecular complexity index is 323. The van der Waals surface area contributed by atoms with Crippen LogP contribution in [0.5, 0.6) is 0 Å². The molecule has 0 unspecified atom stereocenters. The first-order valence-corrected chi connectivity index (χ1v) is 10.9. The number of urea groups is 1. The SMILES string of the molecule is CCCCCCCCCCCCNC(=O)NNCCCN1CCOCC1. The smallest absolute Gasteiger partial charge is 0.329 e. The first-order valence-electron chi connectivity index (χ1n) is 10.9. The van der Waals surface area contributed by atoms with Crippen LogP contribution in [0.2, 0.25) is 0 Å². The van der Waals surface area contributed by atoms with Crippen molar-refractivity contribution in [3.63, 3.8) is 0 Å². The van der Waals surface area contributed by atoms with E-state index in [0.29, 0.717) is 0 Å². The lowest BCUT2D eigenvalue weighted by atomic mass is 10.1. The van der Waals surface area contributed by atoms with Gasteiger partial charge in [0.1, 0.15) is 0 Å². The Morgan fingerprint density at radius 3 is 2.12 bits per heavy atom. The number of hydrogen-bond acceptors (Lipinski definition) is 4. The third-order valence-electron chi connectivity index (χ3n) is 4.90. The molecule has 1 rings (SSSR count). The summed E-state index contributed by atoms with van der Waals surface area (Å²) in [7, 11) is 0. The molecule has 0 aromatic carbocycles. The van der Waals surface area contributed by atoms with Crippen LogP contribution in [0.4, 0.5) is 4.79 Å². The van der Waals surface area contributed by atoms with Crippen molar-refractivity contribution in [2.75, 3.05) is 45.9 Å². The van der Waals surface area contributed by atoms with Gasteiger partial charge in [-0.15, -0.1) is 0 Å². The molecule has 1 aliphatic rings. The van der Waals surface area contributed by atoms with Crippen molar-refractivity contribution >= 4 is 6.03 Å². The highest BCUT2D eigenvalue weighted by atomic mass is 16.5. The van der Waals surface area contributed by atoms with E-state index >= 15 is 0 Å². The van der Waals surface area contributed by atoms with Crippen molar-refractivity contribution in [2.45, 2.75) is 77.6 Å². The minimum absolute atomic E-state index is 0.118. The third kappa shape index (κ3) is 14.3. The summed E-state index contributed by atoms with van der Waals surface area (Å²) in [6, 6.07) is -0.118. The van der Waals surface area contributed by atoms with E-state index in [9.17, 15) is 4.79 Å². The van der Waals surface area contributed by atoms with Crippen LogP contribution < -0.4 is 16.2 Å². The number of amides is 2. The van der Waals surface area contributed by atoms with Gasteiger partial charge in [-0.3, -0.25) is 10.3 Å². The maximum absolute atomic E-state index is 11.7. The predicted molar refractivity (Wildman–Crippen MR) is 108 cm³/mol. The van der Waals surface area contributed by atoms with Crippen LogP contribution in [0.1, 0.15) is 77.6 Å². The van der Waals surface area contributed by atoms with E-state index in [1.807, 2.05) is 0 Å². The Morgan fingerprint density at radius 2 is 1.46 bits per heavy atom. The molecule has 0 aromatic rings. The lowest BCUT2D eigenvalue weighted by Gasteiger charge is -2.26. The molecule has 154 valence electrons. The highest BCUT2D eigenvalue weighted by molar-refractivity contribution is 5.73. The molecule has 1 fully saturated rings. The monoisotopic (exact) mass is 370 g/mol. The highest BCUT2D eigenvalue weighted by Gasteiger charge is 2.09. The van der Waals surface area contributed by atoms with Gasteiger partial charge in [0.15, 0.2) is 0 Å². The van der Waals surface area contributed by atoms with Crippen LogP contribution in [-0.2, 0) is 4.74 Å². The van der Waals surface area contributed by atoms with Crippen LogP contribution in [0.3, 0.4) is 0 Å². The summed E-state index contributed by atoms with van der Waals surface area (Å²) in [6.07, 6.45) is 14.2. The highest BCUT2D eigenvalue weighted by Crippen LogP contribution is 2.10. The molecule has 26 heavy (non-hydrogen) atoms. The molecule has 1 saturated heterocycles. The molecule has 0 atom stereocenters. The number of nitrogens with one attached hydrogen (secondary N) is 3.